The maximum atomic E-state index is 12.1. The molecule has 0 radical (unpaired) electrons. The molecular weight excluding hydrogens is 550 g/mol. The molecule has 0 aliphatic heterocycles. The summed E-state index contributed by atoms with van der Waals surface area (Å²) in [5, 5.41) is 22.5. The first-order valence-electron chi connectivity index (χ1n) is 14.9. The van der Waals surface area contributed by atoms with Crippen molar-refractivity contribution < 1.29 is 24.1 Å². The molecule has 10 nitrogen and oxygen atoms in total. The number of nitro benzene ring substituents is 2. The third-order valence-electron chi connectivity index (χ3n) is 7.39. The quantitative estimate of drug-likeness (QED) is 0.0858. The number of carbonyl (C=O) groups excluding carboxylic acids is 1. The Hall–Kier alpha value is -4.15. The van der Waals surface area contributed by atoms with Crippen molar-refractivity contribution in [3.63, 3.8) is 0 Å². The highest BCUT2D eigenvalue weighted by Gasteiger charge is 2.21. The SMILES string of the molecule is CCCCCOC(Cc1ccc(C(N)=O)cc1CC(OCCCCC)c1ccc([N+](=O)[O-])cc1)c1ccc([N+](=O)[O-])cc1. The van der Waals surface area contributed by atoms with Gasteiger partial charge in [0.15, 0.2) is 0 Å². The van der Waals surface area contributed by atoms with Crippen molar-refractivity contribution in [1.29, 1.82) is 0 Å². The summed E-state index contributed by atoms with van der Waals surface area (Å²) in [4.78, 5) is 33.7. The van der Waals surface area contributed by atoms with E-state index in [0.29, 0.717) is 31.6 Å². The monoisotopic (exact) mass is 591 g/mol. The van der Waals surface area contributed by atoms with Gasteiger partial charge >= 0.3 is 0 Å². The van der Waals surface area contributed by atoms with Crippen molar-refractivity contribution in [3.05, 3.63) is 115 Å². The number of nitro groups is 2. The highest BCUT2D eigenvalue weighted by molar-refractivity contribution is 5.93. The van der Waals surface area contributed by atoms with E-state index in [2.05, 4.69) is 13.8 Å². The summed E-state index contributed by atoms with van der Waals surface area (Å²) in [6.07, 6.45) is 5.97. The number of hydrogen-bond acceptors (Lipinski definition) is 7. The highest BCUT2D eigenvalue weighted by Crippen LogP contribution is 2.31. The van der Waals surface area contributed by atoms with Gasteiger partial charge in [-0.3, -0.25) is 25.0 Å². The van der Waals surface area contributed by atoms with Gasteiger partial charge in [0.2, 0.25) is 5.91 Å². The summed E-state index contributed by atoms with van der Waals surface area (Å²) in [6, 6.07) is 18.1. The number of ether oxygens (including phenoxy) is 2. The molecule has 0 fully saturated rings. The molecule has 0 bridgehead atoms. The zero-order valence-electron chi connectivity index (χ0n) is 24.9. The number of benzene rings is 3. The lowest BCUT2D eigenvalue weighted by Crippen LogP contribution is -2.16. The van der Waals surface area contributed by atoms with Crippen molar-refractivity contribution >= 4 is 17.3 Å². The van der Waals surface area contributed by atoms with Crippen LogP contribution in [0.2, 0.25) is 0 Å². The first-order chi connectivity index (χ1) is 20.7. The van der Waals surface area contributed by atoms with Crippen molar-refractivity contribution in [3.8, 4) is 0 Å². The van der Waals surface area contributed by atoms with Gasteiger partial charge in [0.05, 0.1) is 22.1 Å². The van der Waals surface area contributed by atoms with Crippen molar-refractivity contribution in [2.24, 2.45) is 5.73 Å². The fourth-order valence-corrected chi connectivity index (χ4v) is 4.89. The second-order valence-corrected chi connectivity index (χ2v) is 10.6. The van der Waals surface area contributed by atoms with Crippen molar-refractivity contribution in [2.45, 2.75) is 77.4 Å². The van der Waals surface area contributed by atoms with Gasteiger partial charge in [0, 0.05) is 55.9 Å². The molecule has 0 spiro atoms. The number of nitrogens with two attached hydrogens (primary N) is 1. The normalized spacial score (nSPS) is 12.5. The number of unbranched alkanes of at least 4 members (excludes halogenated alkanes) is 4. The van der Waals surface area contributed by atoms with Gasteiger partial charge in [-0.05, 0) is 71.5 Å². The largest absolute Gasteiger partial charge is 0.373 e. The fourth-order valence-electron chi connectivity index (χ4n) is 4.89. The average molecular weight is 592 g/mol. The van der Waals surface area contributed by atoms with Crippen LogP contribution in [-0.4, -0.2) is 29.0 Å². The molecule has 0 heterocycles. The Morgan fingerprint density at radius 2 is 1.14 bits per heavy atom. The van der Waals surface area contributed by atoms with E-state index in [0.717, 1.165) is 60.8 Å². The Kier molecular flexibility index (Phi) is 13.3. The van der Waals surface area contributed by atoms with E-state index in [4.69, 9.17) is 15.2 Å². The molecule has 3 rings (SSSR count). The number of primary amides is 1. The number of non-ortho nitro benzene ring substituents is 2. The second kappa shape index (κ2) is 17.1. The van der Waals surface area contributed by atoms with Crippen LogP contribution in [0.25, 0.3) is 0 Å². The molecular formula is C33H41N3O7. The van der Waals surface area contributed by atoms with Gasteiger partial charge < -0.3 is 15.2 Å². The van der Waals surface area contributed by atoms with Gasteiger partial charge in [-0.1, -0.05) is 45.6 Å². The minimum atomic E-state index is -0.550. The van der Waals surface area contributed by atoms with Crippen LogP contribution < -0.4 is 5.73 Å². The van der Waals surface area contributed by atoms with E-state index in [1.165, 1.54) is 24.3 Å². The Balaban J connectivity index is 1.97. The minimum Gasteiger partial charge on any atom is -0.373 e. The average Bonchev–Trinajstić information content (AvgIpc) is 3.00. The van der Waals surface area contributed by atoms with E-state index < -0.39 is 21.9 Å². The van der Waals surface area contributed by atoms with Crippen LogP contribution in [0, 0.1) is 20.2 Å². The first-order valence-corrected chi connectivity index (χ1v) is 14.9. The van der Waals surface area contributed by atoms with E-state index in [9.17, 15) is 25.0 Å². The summed E-state index contributed by atoms with van der Waals surface area (Å²) in [5.74, 6) is -0.550. The van der Waals surface area contributed by atoms with E-state index in [1.807, 2.05) is 6.07 Å². The van der Waals surface area contributed by atoms with Crippen LogP contribution in [0.4, 0.5) is 11.4 Å². The molecule has 2 atom stereocenters. The molecule has 10 heteroatoms. The molecule has 0 aromatic heterocycles. The maximum Gasteiger partial charge on any atom is 0.269 e. The molecule has 2 N–H and O–H groups in total. The first kappa shape index (κ1) is 33.4. The number of hydrogen-bond donors (Lipinski definition) is 1. The third kappa shape index (κ3) is 10.3. The van der Waals surface area contributed by atoms with Gasteiger partial charge in [-0.2, -0.15) is 0 Å². The predicted octanol–water partition coefficient (Wildman–Crippen LogP) is 7.58. The fraction of sp³-hybridized carbons (Fsp3) is 0.424. The summed E-state index contributed by atoms with van der Waals surface area (Å²) in [6.45, 7) is 5.29. The molecule has 3 aromatic carbocycles. The van der Waals surface area contributed by atoms with Crippen LogP contribution >= 0.6 is 0 Å². The summed E-state index contributed by atoms with van der Waals surface area (Å²) >= 11 is 0. The third-order valence-corrected chi connectivity index (χ3v) is 7.39. The van der Waals surface area contributed by atoms with Gasteiger partial charge in [0.25, 0.3) is 11.4 Å². The topological polar surface area (TPSA) is 148 Å². The standard InChI is InChI=1S/C33H41N3O7/c1-3-5-7-19-42-31(24-11-15-29(16-12-24)35(38)39)22-26-9-10-27(33(34)37)21-28(26)23-32(43-20-8-6-4-2)25-13-17-30(18-14-25)36(40)41/h9-18,21,31-32H,3-8,19-20,22-23H2,1-2H3,(H2,34,37). The summed E-state index contributed by atoms with van der Waals surface area (Å²) in [7, 11) is 0. The number of nitrogens with zero attached hydrogens (tertiary/aromatic N) is 2. The Labute approximate surface area is 252 Å². The zero-order valence-corrected chi connectivity index (χ0v) is 24.9. The van der Waals surface area contributed by atoms with Crippen LogP contribution in [0.5, 0.6) is 0 Å². The Morgan fingerprint density at radius 3 is 1.53 bits per heavy atom. The van der Waals surface area contributed by atoms with Crippen LogP contribution in [0.15, 0.2) is 66.7 Å². The van der Waals surface area contributed by atoms with Crippen LogP contribution in [0.3, 0.4) is 0 Å². The van der Waals surface area contributed by atoms with Gasteiger partial charge in [0.1, 0.15) is 0 Å². The zero-order chi connectivity index (χ0) is 31.2. The summed E-state index contributed by atoms with van der Waals surface area (Å²) < 4.78 is 12.7. The molecule has 0 saturated carbocycles. The predicted molar refractivity (Wildman–Crippen MR) is 165 cm³/mol. The van der Waals surface area contributed by atoms with Crippen molar-refractivity contribution in [1.82, 2.24) is 0 Å². The Morgan fingerprint density at radius 1 is 0.698 bits per heavy atom. The van der Waals surface area contributed by atoms with Gasteiger partial charge in [-0.15, -0.1) is 0 Å². The van der Waals surface area contributed by atoms with Gasteiger partial charge in [-0.25, -0.2) is 0 Å². The van der Waals surface area contributed by atoms with Crippen molar-refractivity contribution in [2.75, 3.05) is 13.2 Å². The molecule has 43 heavy (non-hydrogen) atoms. The number of carbonyl (C=O) groups is 1. The molecule has 1 amide bonds. The molecule has 0 aliphatic rings. The highest BCUT2D eigenvalue weighted by atomic mass is 16.6. The van der Waals surface area contributed by atoms with Crippen LogP contribution in [-0.2, 0) is 22.3 Å². The lowest BCUT2D eigenvalue weighted by molar-refractivity contribution is -0.385. The van der Waals surface area contributed by atoms with E-state index in [-0.39, 0.29) is 17.5 Å². The lowest BCUT2D eigenvalue weighted by atomic mass is 9.91. The summed E-state index contributed by atoms with van der Waals surface area (Å²) in [5.41, 5.74) is 9.39. The lowest BCUT2D eigenvalue weighted by Gasteiger charge is -2.23. The second-order valence-electron chi connectivity index (χ2n) is 10.6. The molecule has 3 aromatic rings. The maximum absolute atomic E-state index is 12.1. The number of rotatable bonds is 19. The van der Waals surface area contributed by atoms with E-state index in [1.54, 1.807) is 36.4 Å². The Bertz CT molecular complexity index is 1340. The number of amides is 1. The molecule has 0 saturated heterocycles. The van der Waals surface area contributed by atoms with Crippen LogP contribution in [0.1, 0.15) is 97.2 Å². The molecule has 0 aliphatic carbocycles. The molecule has 2 unspecified atom stereocenters. The smallest absolute Gasteiger partial charge is 0.269 e. The molecule has 230 valence electrons. The van der Waals surface area contributed by atoms with E-state index >= 15 is 0 Å². The minimum absolute atomic E-state index is 0.00365.